The number of halogens is 1. The van der Waals surface area contributed by atoms with E-state index in [1.54, 1.807) is 62.3 Å². The van der Waals surface area contributed by atoms with Crippen LogP contribution in [0.4, 0.5) is 0 Å². The van der Waals surface area contributed by atoms with Crippen molar-refractivity contribution in [3.05, 3.63) is 197 Å². The Kier molecular flexibility index (Phi) is 34.0. The zero-order chi connectivity index (χ0) is 73.1. The molecule has 554 valence electrons. The van der Waals surface area contributed by atoms with Gasteiger partial charge in [0.25, 0.3) is 23.2 Å². The van der Waals surface area contributed by atoms with Crippen molar-refractivity contribution in [3.8, 4) is 5.06 Å². The Hall–Kier alpha value is -9.24. The number of carboxylic acid groups (broad SMARTS) is 1. The smallest absolute Gasteiger partial charge is 0.348 e. The van der Waals surface area contributed by atoms with Gasteiger partial charge in [-0.05, 0) is 109 Å². The first-order valence-electron chi connectivity index (χ1n) is 30.8. The molecule has 3 aromatic carbocycles. The van der Waals surface area contributed by atoms with Crippen LogP contribution in [0.3, 0.4) is 0 Å². The first-order chi connectivity index (χ1) is 46.9. The molecule has 0 aliphatic heterocycles. The quantitative estimate of drug-likeness (QED) is 0.0191. The molecule has 0 aliphatic carbocycles. The topological polar surface area (TPSA) is 361 Å². The molecule has 0 aliphatic rings. The van der Waals surface area contributed by atoms with Crippen LogP contribution in [0.2, 0.25) is 0 Å². The number of ether oxygens (including phenoxy) is 5. The van der Waals surface area contributed by atoms with E-state index in [1.165, 1.54) is 13.7 Å². The van der Waals surface area contributed by atoms with E-state index < -0.39 is 94.4 Å². The predicted octanol–water partition coefficient (Wildman–Crippen LogP) is 8.21. The van der Waals surface area contributed by atoms with Crippen molar-refractivity contribution in [2.75, 3.05) is 38.4 Å². The molecular formula is C71H89BrN6O21S3. The monoisotopic (exact) mass is 1540 g/mol. The van der Waals surface area contributed by atoms with Crippen molar-refractivity contribution >= 4 is 117 Å². The second kappa shape index (κ2) is 39.8. The lowest BCUT2D eigenvalue weighted by Crippen LogP contribution is -2.42. The highest BCUT2D eigenvalue weighted by atomic mass is 79.9. The summed E-state index contributed by atoms with van der Waals surface area (Å²) >= 11 is 5.99. The molecule has 102 heavy (non-hydrogen) atoms. The van der Waals surface area contributed by atoms with Crippen LogP contribution >= 0.6 is 49.9 Å². The number of benzene rings is 3. The summed E-state index contributed by atoms with van der Waals surface area (Å²) in [5.41, 5.74) is -1.50. The van der Waals surface area contributed by atoms with Crippen molar-refractivity contribution in [1.29, 1.82) is 0 Å². The third-order valence-electron chi connectivity index (χ3n) is 14.2. The number of alkyl halides is 1. The van der Waals surface area contributed by atoms with E-state index in [9.17, 15) is 57.5 Å². The van der Waals surface area contributed by atoms with Crippen LogP contribution in [0.25, 0.3) is 30.6 Å². The van der Waals surface area contributed by atoms with Gasteiger partial charge in [-0.3, -0.25) is 47.3 Å². The fraction of sp³-hybridized carbons (Fsp3) is 0.408. The number of aryl methyl sites for hydroxylation is 9. The zero-order valence-electron chi connectivity index (χ0n) is 55.9. The van der Waals surface area contributed by atoms with Gasteiger partial charge >= 0.3 is 46.9 Å². The van der Waals surface area contributed by atoms with Gasteiger partial charge in [0.05, 0.1) is 36.0 Å². The summed E-state index contributed by atoms with van der Waals surface area (Å²) in [6.45, 7) is 13.4. The van der Waals surface area contributed by atoms with Crippen molar-refractivity contribution in [2.24, 2.45) is 0 Å². The number of aliphatic hydroxyl groups excluding tert-OH is 3. The van der Waals surface area contributed by atoms with Crippen molar-refractivity contribution in [1.82, 2.24) is 27.4 Å². The molecule has 0 radical (unpaired) electrons. The van der Waals surface area contributed by atoms with Crippen molar-refractivity contribution in [3.63, 3.8) is 0 Å². The number of aromatic nitrogens is 6. The maximum atomic E-state index is 13.4. The van der Waals surface area contributed by atoms with Gasteiger partial charge in [0.2, 0.25) is 0 Å². The maximum Gasteiger partial charge on any atom is 0.348 e. The molecule has 0 atom stereocenters. The minimum atomic E-state index is -1.32. The minimum Gasteiger partial charge on any atom is -0.480 e. The molecule has 31 heteroatoms. The number of fused-ring (bicyclic) bond motifs is 3. The molecule has 0 bridgehead atoms. The first-order valence-corrected chi connectivity index (χ1v) is 34.4. The molecule has 6 aromatic heterocycles. The number of esters is 4. The van der Waals surface area contributed by atoms with E-state index in [0.29, 0.717) is 55.5 Å². The molecule has 27 nitrogen and oxygen atoms in total. The van der Waals surface area contributed by atoms with Crippen LogP contribution in [0.5, 0.6) is 5.06 Å². The van der Waals surface area contributed by atoms with Gasteiger partial charge < -0.3 is 44.1 Å². The highest BCUT2D eigenvalue weighted by Crippen LogP contribution is 2.35. The van der Waals surface area contributed by atoms with Crippen molar-refractivity contribution < 1.29 is 72.9 Å². The van der Waals surface area contributed by atoms with E-state index in [-0.39, 0.29) is 117 Å². The lowest BCUT2D eigenvalue weighted by atomic mass is 10.1. The van der Waals surface area contributed by atoms with Gasteiger partial charge in [-0.1, -0.05) is 141 Å². The highest BCUT2D eigenvalue weighted by molar-refractivity contribution is 9.09. The number of carbonyl (C=O) groups excluding carboxylic acids is 5. The van der Waals surface area contributed by atoms with Crippen LogP contribution in [0, 0.1) is 20.8 Å². The number of hydrogen-bond donors (Lipinski definition) is 4. The van der Waals surface area contributed by atoms with E-state index in [4.69, 9.17) is 44.1 Å². The van der Waals surface area contributed by atoms with Crippen LogP contribution in [0.1, 0.15) is 117 Å². The van der Waals surface area contributed by atoms with E-state index in [2.05, 4.69) is 15.9 Å². The fourth-order valence-corrected chi connectivity index (χ4v) is 13.5. The van der Waals surface area contributed by atoms with E-state index >= 15 is 0 Å². The number of rotatable bonds is 24. The lowest BCUT2D eigenvalue weighted by molar-refractivity contribution is -0.156. The Morgan fingerprint density at radius 2 is 0.775 bits per heavy atom. The Labute approximate surface area is 608 Å². The summed E-state index contributed by atoms with van der Waals surface area (Å²) in [5.74, 6) is -4.12. The summed E-state index contributed by atoms with van der Waals surface area (Å²) in [6.07, 6.45) is 1.52. The molecule has 9 aromatic rings. The van der Waals surface area contributed by atoms with Crippen LogP contribution in [-0.4, -0.2) is 134 Å². The Bertz CT molecular complexity index is 4740. The molecule has 0 saturated carbocycles. The Balaban J connectivity index is 0.000000382. The molecule has 9 rings (SSSR count). The van der Waals surface area contributed by atoms with Gasteiger partial charge in [-0.15, -0.1) is 22.7 Å². The average molecular weight is 1540 g/mol. The standard InChI is InChI=1S/C24H28N2O7S.C22H24N2O6S.C20H20N2O7S.C2H5BrO.3CH4/c1-15-18-20(29)26(14-17(28)33-24(2,3)4)23(31)25(11-10-16-8-6-5-7-9-16)21(18)34-19(15)22(30)32-13-12-27;1-14-17-18(27)24(12-16(26)30-22(2,3)4)21(28)23(19(17)31-20(14)29-13-25)11-10-15-8-6-5-7-9-15;1-12-15-17(26)22(11-14(24)25)20(28)21(8-7-13-5-3-2-4-6-13)18(15)30-16(12)19(27)29-10-9-23;3-1-2-4;;;/h5-9,27H,10-14H2,1-4H3;5-9,13H,10-12H2,1-4H3;2-6,23H,7-11H2,1H3,(H,24,25);4H,1-2H2;3*1H4. The maximum absolute atomic E-state index is 13.4. The molecule has 0 saturated heterocycles. The second-order valence-electron chi connectivity index (χ2n) is 23.8. The van der Waals surface area contributed by atoms with Gasteiger partial charge in [0, 0.05) is 30.5 Å². The number of aliphatic hydroxyl groups is 3. The summed E-state index contributed by atoms with van der Waals surface area (Å²) < 4.78 is 32.2. The number of carbonyl (C=O) groups is 6. The molecule has 4 N–H and O–H groups in total. The molecular weight excluding hydrogens is 1450 g/mol. The largest absolute Gasteiger partial charge is 0.480 e. The first kappa shape index (κ1) is 87.0. The average Bonchev–Trinajstić information content (AvgIpc) is 1.58. The molecule has 6 heterocycles. The predicted molar refractivity (Wildman–Crippen MR) is 398 cm³/mol. The molecule has 0 amide bonds. The van der Waals surface area contributed by atoms with Gasteiger partial charge in [0.1, 0.15) is 68.3 Å². The third kappa shape index (κ3) is 22.6. The third-order valence-corrected chi connectivity index (χ3v) is 18.4. The van der Waals surface area contributed by atoms with Gasteiger partial charge in [0.15, 0.2) is 5.06 Å². The zero-order valence-corrected chi connectivity index (χ0v) is 59.9. The Morgan fingerprint density at radius 1 is 0.471 bits per heavy atom. The van der Waals surface area contributed by atoms with E-state index in [0.717, 1.165) is 59.8 Å². The molecule has 0 unspecified atom stereocenters. The Morgan fingerprint density at radius 3 is 1.06 bits per heavy atom. The number of nitrogens with zero attached hydrogens (tertiary/aromatic N) is 6. The van der Waals surface area contributed by atoms with Gasteiger partial charge in [-0.2, -0.15) is 0 Å². The number of thiophene rings is 3. The number of aliphatic carboxylic acids is 1. The molecule has 0 spiro atoms. The fourth-order valence-electron chi connectivity index (χ4n) is 9.92. The highest BCUT2D eigenvalue weighted by Gasteiger charge is 2.29. The SMILES string of the molecule is C.C.C.Cc1c(C(=O)OCCO)sc2c1c(=O)n(CC(=O)O)c(=O)n2CCc1ccccc1.Cc1c(C(=O)OCCO)sc2c1c(=O)n(CC(=O)OC(C)(C)C)c(=O)n2CCc1ccccc1.Cc1c(OC=O)sc2c1c(=O)n(CC(=O)OC(C)(C)C)c(=O)n2CCc1ccccc1.OCCBr. The van der Waals surface area contributed by atoms with Crippen molar-refractivity contribution in [2.45, 2.75) is 154 Å². The summed E-state index contributed by atoms with van der Waals surface area (Å²) in [4.78, 5) is 152. The summed E-state index contributed by atoms with van der Waals surface area (Å²) in [6, 6.07) is 28.5. The number of hydrogen-bond acceptors (Lipinski definition) is 23. The van der Waals surface area contributed by atoms with Crippen LogP contribution < -0.4 is 38.5 Å². The van der Waals surface area contributed by atoms with E-state index in [1.807, 2.05) is 91.0 Å². The summed E-state index contributed by atoms with van der Waals surface area (Å²) in [5, 5.41) is 36.3. The molecule has 0 fully saturated rings. The van der Waals surface area contributed by atoms with Crippen LogP contribution in [-0.2, 0) is 96.7 Å². The van der Waals surface area contributed by atoms with Crippen LogP contribution in [0.15, 0.2) is 120 Å². The summed E-state index contributed by atoms with van der Waals surface area (Å²) in [7, 11) is 0. The normalized spacial score (nSPS) is 10.9. The number of carboxylic acids is 1. The lowest BCUT2D eigenvalue weighted by Gasteiger charge is -2.20. The minimum absolute atomic E-state index is 0. The van der Waals surface area contributed by atoms with Gasteiger partial charge in [-0.25, -0.2) is 37.7 Å². The second-order valence-corrected chi connectivity index (χ2v) is 27.5.